The monoisotopic (exact) mass is 222 g/mol. The van der Waals surface area contributed by atoms with Crippen LogP contribution in [0, 0.1) is 0 Å². The van der Waals surface area contributed by atoms with E-state index in [2.05, 4.69) is 4.98 Å². The second kappa shape index (κ2) is 3.27. The molecule has 0 aliphatic rings. The van der Waals surface area contributed by atoms with E-state index >= 15 is 0 Å². The Labute approximate surface area is 81.2 Å². The summed E-state index contributed by atoms with van der Waals surface area (Å²) in [6.07, 6.45) is 0. The van der Waals surface area contributed by atoms with E-state index in [4.69, 9.17) is 12.6 Å². The van der Waals surface area contributed by atoms with Crippen molar-refractivity contribution in [3.05, 3.63) is 5.38 Å². The van der Waals surface area contributed by atoms with E-state index < -0.39 is 15.1 Å². The molecule has 0 atom stereocenters. The summed E-state index contributed by atoms with van der Waals surface area (Å²) >= 11 is 5.90. The fraction of sp³-hybridized carbons (Fsp3) is 0.500. The van der Waals surface area contributed by atoms with Crippen molar-refractivity contribution in [1.82, 2.24) is 4.98 Å². The van der Waals surface area contributed by atoms with Gasteiger partial charge in [-0.2, -0.15) is 0 Å². The van der Waals surface area contributed by atoms with Crippen LogP contribution in [0.1, 0.15) is 13.8 Å². The molecule has 0 aromatic carbocycles. The van der Waals surface area contributed by atoms with Crippen molar-refractivity contribution in [2.75, 3.05) is 0 Å². The highest BCUT2D eigenvalue weighted by Gasteiger charge is 2.21. The average molecular weight is 222 g/mol. The van der Waals surface area contributed by atoms with E-state index in [-0.39, 0.29) is 5.03 Å². The number of aromatic nitrogens is 1. The van der Waals surface area contributed by atoms with Crippen molar-refractivity contribution >= 4 is 33.8 Å². The lowest BCUT2D eigenvalue weighted by molar-refractivity contribution is 0.583. The Kier molecular flexibility index (Phi) is 2.70. The van der Waals surface area contributed by atoms with Gasteiger partial charge in [-0.05, 0) is 26.5 Å². The molecule has 0 saturated heterocycles. The quantitative estimate of drug-likeness (QED) is 0.767. The minimum Gasteiger partial charge on any atom is -0.222 e. The fourth-order valence-corrected chi connectivity index (χ4v) is 2.76. The van der Waals surface area contributed by atoms with E-state index in [1.54, 1.807) is 13.8 Å². The Morgan fingerprint density at radius 1 is 1.58 bits per heavy atom. The topological polar surface area (TPSA) is 47.0 Å². The van der Waals surface area contributed by atoms with Crippen molar-refractivity contribution in [3.8, 4) is 0 Å². The van der Waals surface area contributed by atoms with Gasteiger partial charge in [-0.3, -0.25) is 0 Å². The lowest BCUT2D eigenvalue weighted by Crippen LogP contribution is -2.14. The molecule has 0 spiro atoms. The molecule has 0 aliphatic carbocycles. The molecule has 3 nitrogen and oxygen atoms in total. The Bertz CT molecular complexity index is 366. The first kappa shape index (κ1) is 9.88. The predicted molar refractivity (Wildman–Crippen MR) is 50.3 cm³/mol. The molecule has 12 heavy (non-hydrogen) atoms. The SMILES string of the molecule is CC(C)S(=O)(=O)c1csc([S])n1. The largest absolute Gasteiger partial charge is 0.222 e. The first-order chi connectivity index (χ1) is 5.44. The normalized spacial score (nSPS) is 12.2. The number of sulfone groups is 1. The molecular formula is C6H8NO2S3. The fourth-order valence-electron chi connectivity index (χ4n) is 0.616. The van der Waals surface area contributed by atoms with Gasteiger partial charge in [0.1, 0.15) is 0 Å². The molecule has 67 valence electrons. The third kappa shape index (κ3) is 1.75. The number of rotatable bonds is 2. The molecule has 1 aromatic rings. The van der Waals surface area contributed by atoms with Crippen molar-refractivity contribution in [2.45, 2.75) is 28.5 Å². The minimum atomic E-state index is -3.22. The highest BCUT2D eigenvalue weighted by atomic mass is 32.2. The second-order valence-electron chi connectivity index (χ2n) is 2.55. The number of hydrogen-bond donors (Lipinski definition) is 0. The van der Waals surface area contributed by atoms with Crippen LogP contribution in [0.5, 0.6) is 0 Å². The third-order valence-corrected chi connectivity index (χ3v) is 4.57. The summed E-state index contributed by atoms with van der Waals surface area (Å²) in [5.41, 5.74) is 0. The molecule has 1 aromatic heterocycles. The Hall–Kier alpha value is -0.200. The zero-order chi connectivity index (χ0) is 9.35. The molecule has 0 bridgehead atoms. The van der Waals surface area contributed by atoms with E-state index in [0.717, 1.165) is 0 Å². The highest BCUT2D eigenvalue weighted by Crippen LogP contribution is 2.20. The average Bonchev–Trinajstić information content (AvgIpc) is 2.35. The van der Waals surface area contributed by atoms with Gasteiger partial charge in [0, 0.05) is 5.38 Å². The lowest BCUT2D eigenvalue weighted by Gasteiger charge is -2.02. The van der Waals surface area contributed by atoms with Crippen molar-refractivity contribution in [3.63, 3.8) is 0 Å². The molecule has 0 fully saturated rings. The van der Waals surface area contributed by atoms with Crippen LogP contribution in [0.25, 0.3) is 0 Å². The molecule has 1 rings (SSSR count). The van der Waals surface area contributed by atoms with Gasteiger partial charge in [0.2, 0.25) is 0 Å². The number of hydrogen-bond acceptors (Lipinski definition) is 4. The van der Waals surface area contributed by atoms with Gasteiger partial charge in [-0.1, -0.05) is 0 Å². The van der Waals surface area contributed by atoms with E-state index in [0.29, 0.717) is 4.34 Å². The van der Waals surface area contributed by atoms with Gasteiger partial charge in [0.15, 0.2) is 19.2 Å². The predicted octanol–water partition coefficient (Wildman–Crippen LogP) is 1.88. The van der Waals surface area contributed by atoms with Gasteiger partial charge in [-0.25, -0.2) is 13.4 Å². The third-order valence-electron chi connectivity index (χ3n) is 1.37. The molecule has 1 heterocycles. The first-order valence-corrected chi connectivity index (χ1v) is 6.14. The van der Waals surface area contributed by atoms with Crippen molar-refractivity contribution < 1.29 is 8.42 Å². The molecule has 0 saturated carbocycles. The second-order valence-corrected chi connectivity index (χ2v) is 6.50. The van der Waals surface area contributed by atoms with E-state index in [1.165, 1.54) is 16.7 Å². The summed E-state index contributed by atoms with van der Waals surface area (Å²) in [7, 11) is -3.22. The molecule has 0 aliphatic heterocycles. The molecule has 0 unspecified atom stereocenters. The summed E-state index contributed by atoms with van der Waals surface area (Å²) < 4.78 is 23.3. The lowest BCUT2D eigenvalue weighted by atomic mass is 10.6. The van der Waals surface area contributed by atoms with Crippen LogP contribution in [0.3, 0.4) is 0 Å². The van der Waals surface area contributed by atoms with Crippen LogP contribution in [0.15, 0.2) is 14.7 Å². The van der Waals surface area contributed by atoms with Crippen LogP contribution in [0.4, 0.5) is 0 Å². The van der Waals surface area contributed by atoms with Crippen LogP contribution in [-0.2, 0) is 9.84 Å². The Morgan fingerprint density at radius 2 is 2.17 bits per heavy atom. The summed E-state index contributed by atoms with van der Waals surface area (Å²) in [4.78, 5) is 3.75. The van der Waals surface area contributed by atoms with Crippen LogP contribution < -0.4 is 0 Å². The molecular weight excluding hydrogens is 214 g/mol. The zero-order valence-corrected chi connectivity index (χ0v) is 9.09. The first-order valence-electron chi connectivity index (χ1n) is 3.31. The summed E-state index contributed by atoms with van der Waals surface area (Å²) in [5.74, 6) is 0. The van der Waals surface area contributed by atoms with Gasteiger partial charge in [-0.15, -0.1) is 11.3 Å². The Balaban J connectivity index is 3.15. The number of nitrogens with zero attached hydrogens (tertiary/aromatic N) is 1. The summed E-state index contributed by atoms with van der Waals surface area (Å²) in [6.45, 7) is 3.25. The van der Waals surface area contributed by atoms with Crippen molar-refractivity contribution in [2.24, 2.45) is 0 Å². The standard InChI is InChI=1S/C6H8NO2S3/c1-4(2)12(8,9)5-3-11-6(10)7-5/h3-4H,1-2H3. The molecule has 0 N–H and O–H groups in total. The smallest absolute Gasteiger partial charge is 0.198 e. The van der Waals surface area contributed by atoms with E-state index in [9.17, 15) is 8.42 Å². The summed E-state index contributed by atoms with van der Waals surface area (Å²) in [5, 5.41) is 1.15. The van der Waals surface area contributed by atoms with Gasteiger partial charge >= 0.3 is 0 Å². The maximum atomic E-state index is 11.4. The number of thiazole rings is 1. The van der Waals surface area contributed by atoms with Gasteiger partial charge < -0.3 is 0 Å². The maximum Gasteiger partial charge on any atom is 0.198 e. The van der Waals surface area contributed by atoms with Crippen LogP contribution >= 0.6 is 24.0 Å². The van der Waals surface area contributed by atoms with Crippen LogP contribution in [-0.4, -0.2) is 18.7 Å². The minimum absolute atomic E-state index is 0.104. The van der Waals surface area contributed by atoms with Gasteiger partial charge in [0.05, 0.1) is 5.25 Å². The maximum absolute atomic E-state index is 11.4. The Morgan fingerprint density at radius 3 is 2.50 bits per heavy atom. The van der Waals surface area contributed by atoms with Gasteiger partial charge in [0.25, 0.3) is 0 Å². The molecule has 1 radical (unpaired) electrons. The van der Waals surface area contributed by atoms with Crippen LogP contribution in [0.2, 0.25) is 0 Å². The van der Waals surface area contributed by atoms with E-state index in [1.807, 2.05) is 0 Å². The van der Waals surface area contributed by atoms with Crippen molar-refractivity contribution in [1.29, 1.82) is 0 Å². The molecule has 6 heteroatoms. The highest BCUT2D eigenvalue weighted by molar-refractivity contribution is 7.92. The summed E-state index contributed by atoms with van der Waals surface area (Å²) in [6, 6.07) is 0. The zero-order valence-electron chi connectivity index (χ0n) is 6.64. The molecule has 0 amide bonds.